The Morgan fingerprint density at radius 1 is 1.07 bits per heavy atom. The highest BCUT2D eigenvalue weighted by Gasteiger charge is 2.26. The molecule has 0 spiro atoms. The Labute approximate surface area is 88.3 Å². The predicted molar refractivity (Wildman–Crippen MR) is 52.2 cm³/mol. The quantitative estimate of drug-likeness (QED) is 0.745. The molecule has 1 aromatic rings. The molecule has 1 fully saturated rings. The second kappa shape index (κ2) is 4.28. The topological polar surface area (TPSA) is 55.8 Å². The van der Waals surface area contributed by atoms with Crippen molar-refractivity contribution in [3.05, 3.63) is 30.3 Å². The number of rotatable bonds is 2. The van der Waals surface area contributed by atoms with Gasteiger partial charge in [-0.2, -0.15) is 0 Å². The van der Waals surface area contributed by atoms with Crippen LogP contribution in [0.25, 0.3) is 0 Å². The molecule has 0 saturated carbocycles. The van der Waals surface area contributed by atoms with Gasteiger partial charge in [0.2, 0.25) is 10.0 Å². The van der Waals surface area contributed by atoms with Crippen molar-refractivity contribution in [3.63, 3.8) is 0 Å². The Hall–Kier alpha value is -0.950. The highest BCUT2D eigenvalue weighted by Crippen LogP contribution is 2.16. The molecule has 0 atom stereocenters. The molecule has 1 aliphatic rings. The average molecular weight is 229 g/mol. The van der Waals surface area contributed by atoms with Crippen LogP contribution in [0.2, 0.25) is 0 Å². The first kappa shape index (κ1) is 10.6. The predicted octanol–water partition coefficient (Wildman–Crippen LogP) is 0.597. The van der Waals surface area contributed by atoms with E-state index in [2.05, 4.69) is 0 Å². The van der Waals surface area contributed by atoms with Gasteiger partial charge in [0.05, 0.1) is 4.90 Å². The normalized spacial score (nSPS) is 18.9. The Balaban J connectivity index is 2.26. The summed E-state index contributed by atoms with van der Waals surface area (Å²) < 4.78 is 34.9. The summed E-state index contributed by atoms with van der Waals surface area (Å²) in [4.78, 5) is 0.249. The summed E-state index contributed by atoms with van der Waals surface area (Å²) in [6.45, 7) is 0.218. The lowest BCUT2D eigenvalue weighted by Crippen LogP contribution is -2.39. The van der Waals surface area contributed by atoms with E-state index in [4.69, 9.17) is 9.47 Å². The average Bonchev–Trinajstić information content (AvgIpc) is 2.31. The number of hydrogen-bond acceptors (Lipinski definition) is 4. The van der Waals surface area contributed by atoms with Crippen LogP contribution in [0.15, 0.2) is 35.2 Å². The minimum atomic E-state index is -3.48. The molecule has 0 bridgehead atoms. The van der Waals surface area contributed by atoms with Gasteiger partial charge in [0.15, 0.2) is 0 Å². The third kappa shape index (κ3) is 2.18. The van der Waals surface area contributed by atoms with Gasteiger partial charge in [-0.25, -0.2) is 8.42 Å². The Kier molecular flexibility index (Phi) is 3.01. The molecule has 0 unspecified atom stereocenters. The van der Waals surface area contributed by atoms with Crippen LogP contribution in [0.5, 0.6) is 0 Å². The van der Waals surface area contributed by atoms with Crippen LogP contribution >= 0.6 is 0 Å². The standard InChI is InChI=1S/C9H11NO4S/c11-15(12,9-4-2-1-3-5-9)10-6-13-8-14-7-10/h1-5H,6-8H2. The molecule has 1 saturated heterocycles. The zero-order chi connectivity index (χ0) is 10.7. The summed E-state index contributed by atoms with van der Waals surface area (Å²) in [6.07, 6.45) is 0. The smallest absolute Gasteiger partial charge is 0.246 e. The van der Waals surface area contributed by atoms with Crippen molar-refractivity contribution in [3.8, 4) is 0 Å². The molecule has 0 N–H and O–H groups in total. The summed E-state index contributed by atoms with van der Waals surface area (Å²) in [6, 6.07) is 8.22. The first-order chi connectivity index (χ1) is 7.21. The van der Waals surface area contributed by atoms with Gasteiger partial charge in [-0.1, -0.05) is 18.2 Å². The zero-order valence-electron chi connectivity index (χ0n) is 8.00. The maximum absolute atomic E-state index is 12.0. The van der Waals surface area contributed by atoms with Crippen molar-refractivity contribution < 1.29 is 17.9 Å². The van der Waals surface area contributed by atoms with E-state index in [1.54, 1.807) is 30.3 Å². The first-order valence-corrected chi connectivity index (χ1v) is 5.86. The lowest BCUT2D eigenvalue weighted by Gasteiger charge is -2.25. The van der Waals surface area contributed by atoms with Crippen LogP contribution in [-0.4, -0.2) is 33.0 Å². The molecule has 0 aromatic heterocycles. The fourth-order valence-corrected chi connectivity index (χ4v) is 2.48. The van der Waals surface area contributed by atoms with Gasteiger partial charge in [0.1, 0.15) is 20.3 Å². The molecule has 1 aromatic carbocycles. The molecule has 0 aliphatic carbocycles. The highest BCUT2D eigenvalue weighted by atomic mass is 32.2. The molecule has 6 heteroatoms. The zero-order valence-corrected chi connectivity index (χ0v) is 8.81. The maximum Gasteiger partial charge on any atom is 0.246 e. The molecule has 5 nitrogen and oxygen atoms in total. The Bertz CT molecular complexity index is 411. The largest absolute Gasteiger partial charge is 0.339 e. The van der Waals surface area contributed by atoms with E-state index in [-0.39, 0.29) is 25.2 Å². The molecule has 1 heterocycles. The van der Waals surface area contributed by atoms with Gasteiger partial charge in [0, 0.05) is 0 Å². The van der Waals surface area contributed by atoms with E-state index in [0.29, 0.717) is 0 Å². The van der Waals surface area contributed by atoms with Gasteiger partial charge in [-0.05, 0) is 12.1 Å². The van der Waals surface area contributed by atoms with Crippen molar-refractivity contribution in [2.24, 2.45) is 0 Å². The summed E-state index contributed by atoms with van der Waals surface area (Å²) in [5, 5.41) is 0. The van der Waals surface area contributed by atoms with Crippen molar-refractivity contribution >= 4 is 10.0 Å². The van der Waals surface area contributed by atoms with Crippen LogP contribution < -0.4 is 0 Å². The Morgan fingerprint density at radius 2 is 1.67 bits per heavy atom. The van der Waals surface area contributed by atoms with E-state index in [0.717, 1.165) is 4.31 Å². The van der Waals surface area contributed by atoms with Crippen molar-refractivity contribution in [1.29, 1.82) is 0 Å². The fraction of sp³-hybridized carbons (Fsp3) is 0.333. The minimum absolute atomic E-state index is 0.0389. The van der Waals surface area contributed by atoms with Gasteiger partial charge in [-0.3, -0.25) is 0 Å². The van der Waals surface area contributed by atoms with Crippen LogP contribution in [-0.2, 0) is 19.5 Å². The summed E-state index contributed by atoms with van der Waals surface area (Å²) in [5.41, 5.74) is 0. The van der Waals surface area contributed by atoms with E-state index in [9.17, 15) is 8.42 Å². The number of nitrogens with zero attached hydrogens (tertiary/aromatic N) is 1. The van der Waals surface area contributed by atoms with E-state index >= 15 is 0 Å². The maximum atomic E-state index is 12.0. The molecule has 1 aliphatic heterocycles. The SMILES string of the molecule is O=S(=O)(c1ccccc1)N1COCOC1. The van der Waals surface area contributed by atoms with Gasteiger partial charge in [-0.15, -0.1) is 4.31 Å². The number of ether oxygens (including phenoxy) is 2. The third-order valence-electron chi connectivity index (χ3n) is 2.02. The van der Waals surface area contributed by atoms with Gasteiger partial charge < -0.3 is 9.47 Å². The van der Waals surface area contributed by atoms with Crippen molar-refractivity contribution in [2.45, 2.75) is 4.90 Å². The molecule has 0 radical (unpaired) electrons. The van der Waals surface area contributed by atoms with E-state index < -0.39 is 10.0 Å². The van der Waals surface area contributed by atoms with Crippen LogP contribution in [0.3, 0.4) is 0 Å². The van der Waals surface area contributed by atoms with Crippen LogP contribution in [0.4, 0.5) is 0 Å². The summed E-state index contributed by atoms with van der Waals surface area (Å²) in [7, 11) is -3.48. The van der Waals surface area contributed by atoms with Crippen molar-refractivity contribution in [2.75, 3.05) is 20.3 Å². The first-order valence-electron chi connectivity index (χ1n) is 4.42. The van der Waals surface area contributed by atoms with Crippen LogP contribution in [0.1, 0.15) is 0 Å². The molecule has 82 valence electrons. The Morgan fingerprint density at radius 3 is 2.27 bits per heavy atom. The molecule has 15 heavy (non-hydrogen) atoms. The van der Waals surface area contributed by atoms with Gasteiger partial charge in [0.25, 0.3) is 0 Å². The third-order valence-corrected chi connectivity index (χ3v) is 3.78. The lowest BCUT2D eigenvalue weighted by atomic mass is 10.4. The number of sulfonamides is 1. The molecule has 0 amide bonds. The molecule has 2 rings (SSSR count). The van der Waals surface area contributed by atoms with Gasteiger partial charge >= 0.3 is 0 Å². The minimum Gasteiger partial charge on any atom is -0.339 e. The molecular weight excluding hydrogens is 218 g/mol. The van der Waals surface area contributed by atoms with E-state index in [1.165, 1.54) is 0 Å². The van der Waals surface area contributed by atoms with Crippen molar-refractivity contribution in [1.82, 2.24) is 4.31 Å². The summed E-state index contributed by atoms with van der Waals surface area (Å²) >= 11 is 0. The number of benzene rings is 1. The monoisotopic (exact) mass is 229 g/mol. The number of hydrogen-bond donors (Lipinski definition) is 0. The second-order valence-electron chi connectivity index (χ2n) is 3.05. The highest BCUT2D eigenvalue weighted by molar-refractivity contribution is 7.89. The lowest BCUT2D eigenvalue weighted by molar-refractivity contribution is -0.153. The van der Waals surface area contributed by atoms with Crippen LogP contribution in [0, 0.1) is 0 Å². The molecular formula is C9H11NO4S. The summed E-state index contributed by atoms with van der Waals surface area (Å²) in [5.74, 6) is 0. The van der Waals surface area contributed by atoms with E-state index in [1.807, 2.05) is 0 Å². The second-order valence-corrected chi connectivity index (χ2v) is 4.99. The fourth-order valence-electron chi connectivity index (χ4n) is 1.25.